The maximum absolute atomic E-state index is 11.8. The third-order valence-corrected chi connectivity index (χ3v) is 3.99. The number of nitrogens with one attached hydrogen (secondary N) is 1. The highest BCUT2D eigenvalue weighted by molar-refractivity contribution is 7.98. The summed E-state index contributed by atoms with van der Waals surface area (Å²) in [6.45, 7) is 5.94. The van der Waals surface area contributed by atoms with Crippen molar-refractivity contribution in [3.8, 4) is 0 Å². The number of thioether (sulfide) groups is 1. The lowest BCUT2D eigenvalue weighted by Crippen LogP contribution is -2.16. The van der Waals surface area contributed by atoms with Crippen molar-refractivity contribution in [3.05, 3.63) is 57.0 Å². The quantitative estimate of drug-likeness (QED) is 0.687. The first-order valence-electron chi connectivity index (χ1n) is 6.38. The van der Waals surface area contributed by atoms with Gasteiger partial charge in [0.1, 0.15) is 0 Å². The summed E-state index contributed by atoms with van der Waals surface area (Å²) < 4.78 is 0. The Balaban J connectivity index is 2.12. The largest absolute Gasteiger partial charge is 0.301 e. The second kappa shape index (κ2) is 6.06. The Morgan fingerprint density at radius 1 is 1.21 bits per heavy atom. The van der Waals surface area contributed by atoms with E-state index >= 15 is 0 Å². The summed E-state index contributed by atoms with van der Waals surface area (Å²) in [6, 6.07) is 8.40. The van der Waals surface area contributed by atoms with E-state index in [4.69, 9.17) is 0 Å². The maximum Gasteiger partial charge on any atom is 0.254 e. The highest BCUT2D eigenvalue weighted by Crippen LogP contribution is 2.19. The minimum absolute atomic E-state index is 0.0126. The van der Waals surface area contributed by atoms with Gasteiger partial charge in [0, 0.05) is 17.0 Å². The van der Waals surface area contributed by atoms with Crippen molar-refractivity contribution in [2.45, 2.75) is 38.1 Å². The summed E-state index contributed by atoms with van der Waals surface area (Å²) in [4.78, 5) is 19.1. The summed E-state index contributed by atoms with van der Waals surface area (Å²) in [6.07, 6.45) is 0.719. The van der Waals surface area contributed by atoms with Crippen molar-refractivity contribution in [1.82, 2.24) is 9.97 Å². The van der Waals surface area contributed by atoms with Gasteiger partial charge >= 0.3 is 0 Å². The van der Waals surface area contributed by atoms with Crippen LogP contribution in [0.25, 0.3) is 0 Å². The average molecular weight is 274 g/mol. The Hall–Kier alpha value is -1.55. The second-order valence-electron chi connectivity index (χ2n) is 4.56. The molecular formula is C15H18N2OS. The molecule has 0 aliphatic heterocycles. The van der Waals surface area contributed by atoms with E-state index < -0.39 is 0 Å². The third-order valence-electron chi connectivity index (χ3n) is 3.05. The van der Waals surface area contributed by atoms with Gasteiger partial charge in [0.2, 0.25) is 0 Å². The van der Waals surface area contributed by atoms with E-state index in [0.717, 1.165) is 23.4 Å². The van der Waals surface area contributed by atoms with E-state index in [1.54, 1.807) is 11.8 Å². The number of aromatic nitrogens is 2. The van der Waals surface area contributed by atoms with Gasteiger partial charge in [0.25, 0.3) is 5.56 Å². The molecule has 0 saturated carbocycles. The van der Waals surface area contributed by atoms with Gasteiger partial charge in [-0.15, -0.1) is 0 Å². The molecule has 0 aliphatic carbocycles. The van der Waals surface area contributed by atoms with Gasteiger partial charge in [0.15, 0.2) is 5.16 Å². The van der Waals surface area contributed by atoms with Crippen LogP contribution < -0.4 is 5.56 Å². The molecule has 1 aromatic carbocycles. The number of aryl methyl sites for hydroxylation is 2. The van der Waals surface area contributed by atoms with Gasteiger partial charge in [-0.2, -0.15) is 0 Å². The van der Waals surface area contributed by atoms with E-state index in [0.29, 0.717) is 5.16 Å². The van der Waals surface area contributed by atoms with Crippen LogP contribution in [-0.4, -0.2) is 9.97 Å². The monoisotopic (exact) mass is 274 g/mol. The SMILES string of the molecule is CCc1c(C)nc(SCc2ccc(C)cc2)[nH]c1=O. The minimum Gasteiger partial charge on any atom is -0.301 e. The molecular weight excluding hydrogens is 256 g/mol. The summed E-state index contributed by atoms with van der Waals surface area (Å²) in [5.41, 5.74) is 4.08. The Kier molecular flexibility index (Phi) is 4.43. The van der Waals surface area contributed by atoms with E-state index in [2.05, 4.69) is 41.2 Å². The molecule has 0 spiro atoms. The van der Waals surface area contributed by atoms with Crippen LogP contribution in [0.5, 0.6) is 0 Å². The summed E-state index contributed by atoms with van der Waals surface area (Å²) in [5.74, 6) is 0.814. The van der Waals surface area contributed by atoms with Crippen LogP contribution in [0.15, 0.2) is 34.2 Å². The third kappa shape index (κ3) is 3.47. The normalized spacial score (nSPS) is 10.7. The fourth-order valence-electron chi connectivity index (χ4n) is 1.91. The molecule has 3 nitrogen and oxygen atoms in total. The molecule has 0 saturated heterocycles. The van der Waals surface area contributed by atoms with E-state index in [9.17, 15) is 4.79 Å². The van der Waals surface area contributed by atoms with Crippen LogP contribution in [0, 0.1) is 13.8 Å². The molecule has 0 aliphatic rings. The van der Waals surface area contributed by atoms with E-state index in [1.165, 1.54) is 11.1 Å². The maximum atomic E-state index is 11.8. The number of rotatable bonds is 4. The van der Waals surface area contributed by atoms with Gasteiger partial charge in [-0.3, -0.25) is 4.79 Å². The zero-order valence-electron chi connectivity index (χ0n) is 11.5. The Morgan fingerprint density at radius 3 is 2.47 bits per heavy atom. The van der Waals surface area contributed by atoms with Gasteiger partial charge in [-0.25, -0.2) is 4.98 Å². The van der Waals surface area contributed by atoms with Crippen molar-refractivity contribution in [2.75, 3.05) is 0 Å². The van der Waals surface area contributed by atoms with Crippen LogP contribution in [-0.2, 0) is 12.2 Å². The Labute approximate surface area is 117 Å². The molecule has 0 amide bonds. The van der Waals surface area contributed by atoms with Gasteiger partial charge in [0.05, 0.1) is 0 Å². The van der Waals surface area contributed by atoms with E-state index in [-0.39, 0.29) is 5.56 Å². The molecule has 1 N–H and O–H groups in total. The van der Waals surface area contributed by atoms with Crippen LogP contribution in [0.2, 0.25) is 0 Å². The number of benzene rings is 1. The molecule has 1 heterocycles. The molecule has 0 fully saturated rings. The Bertz CT molecular complexity index is 617. The van der Waals surface area contributed by atoms with Gasteiger partial charge in [-0.05, 0) is 25.8 Å². The fourth-order valence-corrected chi connectivity index (χ4v) is 2.77. The van der Waals surface area contributed by atoms with Crippen LogP contribution in [0.3, 0.4) is 0 Å². The van der Waals surface area contributed by atoms with E-state index in [1.807, 2.05) is 13.8 Å². The molecule has 0 bridgehead atoms. The number of H-pyrrole nitrogens is 1. The molecule has 19 heavy (non-hydrogen) atoms. The van der Waals surface area contributed by atoms with Crippen LogP contribution in [0.1, 0.15) is 29.3 Å². The van der Waals surface area contributed by atoms with Crippen molar-refractivity contribution >= 4 is 11.8 Å². The lowest BCUT2D eigenvalue weighted by Gasteiger charge is -2.05. The lowest BCUT2D eigenvalue weighted by atomic mass is 10.2. The highest BCUT2D eigenvalue weighted by atomic mass is 32.2. The van der Waals surface area contributed by atoms with Crippen molar-refractivity contribution in [1.29, 1.82) is 0 Å². The summed E-state index contributed by atoms with van der Waals surface area (Å²) in [7, 11) is 0. The van der Waals surface area contributed by atoms with Gasteiger partial charge in [-0.1, -0.05) is 48.5 Å². The van der Waals surface area contributed by atoms with Crippen molar-refractivity contribution < 1.29 is 0 Å². The smallest absolute Gasteiger partial charge is 0.254 e. The molecule has 1 aromatic heterocycles. The number of hydrogen-bond donors (Lipinski definition) is 1. The second-order valence-corrected chi connectivity index (χ2v) is 5.53. The molecule has 0 unspecified atom stereocenters. The predicted octanol–water partition coefficient (Wildman–Crippen LogP) is 3.24. The zero-order chi connectivity index (χ0) is 13.8. The fraction of sp³-hybridized carbons (Fsp3) is 0.333. The average Bonchev–Trinajstić information content (AvgIpc) is 2.38. The molecule has 0 atom stereocenters. The number of aromatic amines is 1. The first kappa shape index (κ1) is 13.9. The van der Waals surface area contributed by atoms with Crippen LogP contribution in [0.4, 0.5) is 0 Å². The number of hydrogen-bond acceptors (Lipinski definition) is 3. The lowest BCUT2D eigenvalue weighted by molar-refractivity contribution is 0.858. The van der Waals surface area contributed by atoms with Crippen molar-refractivity contribution in [2.24, 2.45) is 0 Å². The summed E-state index contributed by atoms with van der Waals surface area (Å²) >= 11 is 1.56. The minimum atomic E-state index is -0.0126. The first-order chi connectivity index (χ1) is 9.10. The molecule has 4 heteroatoms. The first-order valence-corrected chi connectivity index (χ1v) is 7.37. The zero-order valence-corrected chi connectivity index (χ0v) is 12.3. The predicted molar refractivity (Wildman–Crippen MR) is 79.7 cm³/mol. The Morgan fingerprint density at radius 2 is 1.89 bits per heavy atom. The molecule has 100 valence electrons. The standard InChI is InChI=1S/C15H18N2OS/c1-4-13-11(3)16-15(17-14(13)18)19-9-12-7-5-10(2)6-8-12/h5-8H,4,9H2,1-3H3,(H,16,17,18). The molecule has 2 aromatic rings. The number of nitrogens with zero attached hydrogens (tertiary/aromatic N) is 1. The topological polar surface area (TPSA) is 45.8 Å². The molecule has 0 radical (unpaired) electrons. The van der Waals surface area contributed by atoms with Crippen LogP contribution >= 0.6 is 11.8 Å². The highest BCUT2D eigenvalue weighted by Gasteiger charge is 2.06. The molecule has 2 rings (SSSR count). The van der Waals surface area contributed by atoms with Gasteiger partial charge < -0.3 is 4.98 Å². The van der Waals surface area contributed by atoms with Crippen molar-refractivity contribution in [3.63, 3.8) is 0 Å². The summed E-state index contributed by atoms with van der Waals surface area (Å²) in [5, 5.41) is 0.695.